The first kappa shape index (κ1) is 29.6. The molecule has 9 heteroatoms. The Bertz CT molecular complexity index is 171. The number of aliphatic carboxylic acids is 4. The fourth-order valence-corrected chi connectivity index (χ4v) is 0. The predicted molar refractivity (Wildman–Crippen MR) is 61.2 cm³/mol. The minimum absolute atomic E-state index is 0. The van der Waals surface area contributed by atoms with Crippen LogP contribution in [0.15, 0.2) is 0 Å². The Morgan fingerprint density at radius 3 is 0.588 bits per heavy atom. The second kappa shape index (κ2) is 24.1. The fraction of sp³-hybridized carbons (Fsp3) is 0.500. The van der Waals surface area contributed by atoms with Gasteiger partial charge in [-0.3, -0.25) is 19.2 Å². The van der Waals surface area contributed by atoms with Crippen LogP contribution in [0.4, 0.5) is 0 Å². The zero-order chi connectivity index (χ0) is 14.3. The first-order valence-corrected chi connectivity index (χ1v) is 3.71. The van der Waals surface area contributed by atoms with Crippen molar-refractivity contribution in [3.63, 3.8) is 0 Å². The van der Waals surface area contributed by atoms with Crippen molar-refractivity contribution in [2.24, 2.45) is 0 Å². The van der Waals surface area contributed by atoms with Gasteiger partial charge in [0.25, 0.3) is 23.9 Å². The van der Waals surface area contributed by atoms with Crippen LogP contribution in [-0.4, -0.2) is 67.4 Å². The molecule has 0 fully saturated rings. The summed E-state index contributed by atoms with van der Waals surface area (Å²) < 4.78 is 0. The van der Waals surface area contributed by atoms with E-state index in [9.17, 15) is 0 Å². The van der Waals surface area contributed by atoms with Crippen LogP contribution in [0.2, 0.25) is 0 Å². The molecule has 0 saturated carbocycles. The van der Waals surface area contributed by atoms with E-state index in [-0.39, 0.29) is 25.9 Å². The molecule has 0 heterocycles. The largest absolute Gasteiger partial charge is 2.00 e. The summed E-state index contributed by atoms with van der Waals surface area (Å²) >= 11 is 0. The van der Waals surface area contributed by atoms with Crippen LogP contribution >= 0.6 is 0 Å². The number of carbonyl (C=O) groups is 4. The second-order valence-electron chi connectivity index (χ2n) is 2.08. The van der Waals surface area contributed by atoms with Gasteiger partial charge in [0.15, 0.2) is 0 Å². The summed E-state index contributed by atoms with van der Waals surface area (Å²) in [5, 5.41) is 29.7. The molecule has 0 aliphatic rings. The molecular weight excluding hydrogens is 248 g/mol. The summed E-state index contributed by atoms with van der Waals surface area (Å²) in [6.07, 6.45) is 0. The van der Waals surface area contributed by atoms with Crippen molar-refractivity contribution in [1.29, 1.82) is 0 Å². The third-order valence-corrected chi connectivity index (χ3v) is 0. The Hall–Kier alpha value is -1.35. The molecule has 0 saturated heterocycles. The van der Waals surface area contributed by atoms with Crippen LogP contribution in [0, 0.1) is 0 Å². The summed E-state index contributed by atoms with van der Waals surface area (Å²) in [6, 6.07) is 0. The van der Waals surface area contributed by atoms with Crippen molar-refractivity contribution in [3.8, 4) is 0 Å². The number of rotatable bonds is 0. The number of carboxylic acid groups (broad SMARTS) is 4. The monoisotopic (exact) mass is 266 g/mol. The minimum Gasteiger partial charge on any atom is -1.00 e. The van der Waals surface area contributed by atoms with Crippen molar-refractivity contribution < 1.29 is 42.5 Å². The van der Waals surface area contributed by atoms with Gasteiger partial charge in [0.1, 0.15) is 0 Å². The van der Waals surface area contributed by atoms with Gasteiger partial charge in [-0.2, -0.15) is 0 Å². The maximum absolute atomic E-state index is 9.00. The van der Waals surface area contributed by atoms with Gasteiger partial charge in [0, 0.05) is 27.7 Å². The predicted octanol–water partition coefficient (Wildman–Crippen LogP) is 0.208. The van der Waals surface area contributed by atoms with E-state index in [1.54, 1.807) is 0 Å². The van der Waals surface area contributed by atoms with E-state index < -0.39 is 23.9 Å². The van der Waals surface area contributed by atoms with E-state index in [0.717, 1.165) is 27.7 Å². The molecule has 0 aromatic rings. The minimum atomic E-state index is -0.833. The quantitative estimate of drug-likeness (QED) is 0.454. The molecule has 0 atom stereocenters. The molecule has 0 amide bonds. The summed E-state index contributed by atoms with van der Waals surface area (Å²) in [6.45, 7) is 4.33. The zero-order valence-corrected chi connectivity index (χ0v) is 11.5. The molecule has 100 valence electrons. The summed E-state index contributed by atoms with van der Waals surface area (Å²) in [4.78, 5) is 36.0. The van der Waals surface area contributed by atoms with E-state index in [1.807, 2.05) is 0 Å². The zero-order valence-electron chi connectivity index (χ0n) is 12.1. The second-order valence-corrected chi connectivity index (χ2v) is 2.08. The number of carboxylic acids is 4. The molecular formula is C8H18MgO8. The van der Waals surface area contributed by atoms with Crippen molar-refractivity contribution >= 4 is 46.9 Å². The number of hydrogen-bond acceptors (Lipinski definition) is 4. The standard InChI is InChI=1S/4C2H4O2.Mg.2H/c4*1-2(3)4;;;/h4*1H3,(H,3,4);;;/q;;;;+2;2*-1. The molecule has 0 aromatic heterocycles. The van der Waals surface area contributed by atoms with E-state index in [4.69, 9.17) is 39.6 Å². The fourth-order valence-electron chi connectivity index (χ4n) is 0. The molecule has 0 radical (unpaired) electrons. The Balaban J connectivity index is -0.0000000192. The van der Waals surface area contributed by atoms with Crippen LogP contribution in [0.1, 0.15) is 30.5 Å². The maximum Gasteiger partial charge on any atom is 2.00 e. The van der Waals surface area contributed by atoms with Gasteiger partial charge in [-0.1, -0.05) is 0 Å². The van der Waals surface area contributed by atoms with Gasteiger partial charge in [-0.15, -0.1) is 0 Å². The normalized spacial score (nSPS) is 5.88. The van der Waals surface area contributed by atoms with Crippen molar-refractivity contribution in [2.75, 3.05) is 0 Å². The number of hydrogen-bond donors (Lipinski definition) is 4. The van der Waals surface area contributed by atoms with Crippen LogP contribution in [-0.2, 0) is 19.2 Å². The van der Waals surface area contributed by atoms with Crippen LogP contribution in [0.5, 0.6) is 0 Å². The van der Waals surface area contributed by atoms with E-state index in [2.05, 4.69) is 0 Å². The smallest absolute Gasteiger partial charge is 1.00 e. The average molecular weight is 267 g/mol. The molecule has 0 rings (SSSR count). The topological polar surface area (TPSA) is 149 Å². The van der Waals surface area contributed by atoms with E-state index in [1.165, 1.54) is 0 Å². The SMILES string of the molecule is CC(=O)O.CC(=O)O.CC(=O)O.CC(=O)O.[H-].[H-].[Mg+2]. The molecule has 4 N–H and O–H groups in total. The molecule has 0 spiro atoms. The third-order valence-electron chi connectivity index (χ3n) is 0. The first-order chi connectivity index (χ1) is 6.93. The molecule has 0 aromatic carbocycles. The van der Waals surface area contributed by atoms with Gasteiger partial charge in [-0.05, 0) is 0 Å². The van der Waals surface area contributed by atoms with Crippen molar-refractivity contribution in [3.05, 3.63) is 0 Å². The molecule has 0 aliphatic heterocycles. The summed E-state index contributed by atoms with van der Waals surface area (Å²) in [5.41, 5.74) is 0. The van der Waals surface area contributed by atoms with Gasteiger partial charge in [0.05, 0.1) is 0 Å². The molecule has 8 nitrogen and oxygen atoms in total. The van der Waals surface area contributed by atoms with Crippen molar-refractivity contribution in [2.45, 2.75) is 27.7 Å². The van der Waals surface area contributed by atoms with Gasteiger partial charge < -0.3 is 23.3 Å². The van der Waals surface area contributed by atoms with Crippen LogP contribution in [0.3, 0.4) is 0 Å². The average Bonchev–Trinajstić information content (AvgIpc) is 1.76. The van der Waals surface area contributed by atoms with Gasteiger partial charge in [-0.25, -0.2) is 0 Å². The van der Waals surface area contributed by atoms with E-state index in [0.29, 0.717) is 0 Å². The molecule has 0 aliphatic carbocycles. The van der Waals surface area contributed by atoms with Crippen molar-refractivity contribution in [1.82, 2.24) is 0 Å². The van der Waals surface area contributed by atoms with Crippen LogP contribution in [0.25, 0.3) is 0 Å². The Labute approximate surface area is 117 Å². The van der Waals surface area contributed by atoms with Crippen LogP contribution < -0.4 is 0 Å². The molecule has 0 unspecified atom stereocenters. The molecule has 17 heavy (non-hydrogen) atoms. The van der Waals surface area contributed by atoms with Gasteiger partial charge >= 0.3 is 23.1 Å². The summed E-state index contributed by atoms with van der Waals surface area (Å²) in [7, 11) is 0. The Kier molecular flexibility index (Phi) is 41.9. The third kappa shape index (κ3) is 1280. The Morgan fingerprint density at radius 1 is 0.588 bits per heavy atom. The maximum atomic E-state index is 9.00. The molecule has 0 bridgehead atoms. The Morgan fingerprint density at radius 2 is 0.588 bits per heavy atom. The summed E-state index contributed by atoms with van der Waals surface area (Å²) in [5.74, 6) is -3.33. The first-order valence-electron chi connectivity index (χ1n) is 3.71. The van der Waals surface area contributed by atoms with E-state index >= 15 is 0 Å². The van der Waals surface area contributed by atoms with Gasteiger partial charge in [0.2, 0.25) is 0 Å².